The summed E-state index contributed by atoms with van der Waals surface area (Å²) in [4.78, 5) is 18.9. The van der Waals surface area contributed by atoms with E-state index in [0.29, 0.717) is 23.7 Å². The molecule has 0 spiro atoms. The highest BCUT2D eigenvalue weighted by Gasteiger charge is 2.29. The van der Waals surface area contributed by atoms with Crippen molar-refractivity contribution in [1.82, 2.24) is 15.0 Å². The van der Waals surface area contributed by atoms with E-state index in [1.165, 1.54) is 12.5 Å². The topological polar surface area (TPSA) is 72.4 Å². The van der Waals surface area contributed by atoms with Crippen molar-refractivity contribution in [3.8, 4) is 11.5 Å². The van der Waals surface area contributed by atoms with E-state index in [1.54, 1.807) is 6.07 Å². The molecule has 1 unspecified atom stereocenters. The number of hydrogen-bond acceptors (Lipinski definition) is 5. The number of likely N-dealkylation sites (tertiary alicyclic amines) is 1. The molecule has 0 bridgehead atoms. The predicted molar refractivity (Wildman–Crippen MR) is 90.8 cm³/mol. The second-order valence-corrected chi connectivity index (χ2v) is 6.23. The quantitative estimate of drug-likeness (QED) is 0.712. The van der Waals surface area contributed by atoms with Gasteiger partial charge in [0, 0.05) is 24.6 Å². The summed E-state index contributed by atoms with van der Waals surface area (Å²) in [6.45, 7) is 0.788. The highest BCUT2D eigenvalue weighted by Crippen LogP contribution is 2.24. The molecule has 0 N–H and O–H groups in total. The lowest BCUT2D eigenvalue weighted by Crippen LogP contribution is -2.35. The van der Waals surface area contributed by atoms with Gasteiger partial charge in [0.15, 0.2) is 5.82 Å². The molecule has 6 nitrogen and oxygen atoms in total. The van der Waals surface area contributed by atoms with Crippen molar-refractivity contribution in [2.24, 2.45) is 0 Å². The number of rotatable bonds is 5. The van der Waals surface area contributed by atoms with Crippen LogP contribution in [0, 0.1) is 0 Å². The van der Waals surface area contributed by atoms with Crippen LogP contribution in [0.5, 0.6) is 0 Å². The Balaban J connectivity index is 1.39. The first-order chi connectivity index (χ1) is 12.3. The molecular formula is C19H19N3O3. The van der Waals surface area contributed by atoms with Gasteiger partial charge in [0.2, 0.25) is 0 Å². The number of carbonyl (C=O) groups is 1. The van der Waals surface area contributed by atoms with Crippen LogP contribution in [0.2, 0.25) is 0 Å². The van der Waals surface area contributed by atoms with Crippen molar-refractivity contribution in [2.45, 2.75) is 31.7 Å². The van der Waals surface area contributed by atoms with Gasteiger partial charge in [-0.05, 0) is 37.5 Å². The Morgan fingerprint density at radius 3 is 2.92 bits per heavy atom. The summed E-state index contributed by atoms with van der Waals surface area (Å²) in [5.41, 5.74) is 1.52. The third kappa shape index (κ3) is 3.33. The van der Waals surface area contributed by atoms with Gasteiger partial charge in [-0.25, -0.2) is 0 Å². The summed E-state index contributed by atoms with van der Waals surface area (Å²) < 4.78 is 10.4. The molecule has 1 atom stereocenters. The minimum absolute atomic E-state index is 0.0364. The van der Waals surface area contributed by atoms with Crippen molar-refractivity contribution < 1.29 is 13.7 Å². The normalized spacial score (nSPS) is 17.1. The smallest absolute Gasteiger partial charge is 0.257 e. The van der Waals surface area contributed by atoms with E-state index in [4.69, 9.17) is 8.94 Å². The summed E-state index contributed by atoms with van der Waals surface area (Å²) in [5, 5.41) is 4.07. The molecule has 2 aromatic heterocycles. The number of aromatic nitrogens is 2. The Hall–Kier alpha value is -2.89. The van der Waals surface area contributed by atoms with E-state index in [0.717, 1.165) is 31.4 Å². The van der Waals surface area contributed by atoms with Gasteiger partial charge in [-0.1, -0.05) is 23.4 Å². The number of carbonyl (C=O) groups excluding carboxylic acids is 1. The van der Waals surface area contributed by atoms with Crippen LogP contribution in [0.3, 0.4) is 0 Å². The fourth-order valence-electron chi connectivity index (χ4n) is 3.30. The lowest BCUT2D eigenvalue weighted by Gasteiger charge is -2.23. The van der Waals surface area contributed by atoms with Crippen molar-refractivity contribution in [2.75, 3.05) is 6.54 Å². The van der Waals surface area contributed by atoms with Gasteiger partial charge in [-0.15, -0.1) is 0 Å². The van der Waals surface area contributed by atoms with Crippen molar-refractivity contribution in [3.05, 3.63) is 60.3 Å². The molecule has 25 heavy (non-hydrogen) atoms. The largest absolute Gasteiger partial charge is 0.472 e. The lowest BCUT2D eigenvalue weighted by atomic mass is 10.1. The molecule has 1 amide bonds. The first kappa shape index (κ1) is 15.6. The predicted octanol–water partition coefficient (Wildman–Crippen LogP) is 3.57. The molecule has 1 fully saturated rings. The van der Waals surface area contributed by atoms with Crippen LogP contribution in [0.15, 0.2) is 57.9 Å². The van der Waals surface area contributed by atoms with E-state index >= 15 is 0 Å². The van der Waals surface area contributed by atoms with Crippen LogP contribution >= 0.6 is 0 Å². The Labute approximate surface area is 145 Å². The SMILES string of the molecule is O=C(c1ccoc1)N1CCCC1CCc1noc(-c2ccccc2)n1. The Kier molecular flexibility index (Phi) is 4.33. The van der Waals surface area contributed by atoms with Gasteiger partial charge in [0.1, 0.15) is 6.26 Å². The Morgan fingerprint density at radius 1 is 1.24 bits per heavy atom. The first-order valence-corrected chi connectivity index (χ1v) is 8.52. The minimum Gasteiger partial charge on any atom is -0.472 e. The van der Waals surface area contributed by atoms with Crippen molar-refractivity contribution in [1.29, 1.82) is 0 Å². The standard InChI is InChI=1S/C19H19N3O3/c23-19(15-10-12-24-13-15)22-11-4-7-16(22)8-9-17-20-18(25-21-17)14-5-2-1-3-6-14/h1-3,5-6,10,12-13,16H,4,7-9,11H2. The van der Waals surface area contributed by atoms with Gasteiger partial charge in [-0.3, -0.25) is 4.79 Å². The van der Waals surface area contributed by atoms with Gasteiger partial charge in [0.25, 0.3) is 11.8 Å². The molecule has 1 aliphatic rings. The lowest BCUT2D eigenvalue weighted by molar-refractivity contribution is 0.0729. The second-order valence-electron chi connectivity index (χ2n) is 6.23. The number of aryl methyl sites for hydroxylation is 1. The van der Waals surface area contributed by atoms with Crippen LogP contribution in [0.1, 0.15) is 35.4 Å². The summed E-state index contributed by atoms with van der Waals surface area (Å²) in [5.74, 6) is 1.25. The monoisotopic (exact) mass is 337 g/mol. The number of amides is 1. The summed E-state index contributed by atoms with van der Waals surface area (Å²) in [6.07, 6.45) is 6.59. The number of hydrogen-bond donors (Lipinski definition) is 0. The molecule has 128 valence electrons. The maximum absolute atomic E-state index is 12.5. The highest BCUT2D eigenvalue weighted by molar-refractivity contribution is 5.94. The molecular weight excluding hydrogens is 318 g/mol. The zero-order chi connectivity index (χ0) is 17.1. The molecule has 0 radical (unpaired) electrons. The number of nitrogens with zero attached hydrogens (tertiary/aromatic N) is 3. The van der Waals surface area contributed by atoms with Gasteiger partial charge >= 0.3 is 0 Å². The van der Waals surface area contributed by atoms with Crippen LogP contribution < -0.4 is 0 Å². The maximum atomic E-state index is 12.5. The first-order valence-electron chi connectivity index (χ1n) is 8.52. The molecule has 1 aliphatic heterocycles. The van der Waals surface area contributed by atoms with Crippen LogP contribution in [-0.4, -0.2) is 33.5 Å². The van der Waals surface area contributed by atoms with Crippen molar-refractivity contribution in [3.63, 3.8) is 0 Å². The van der Waals surface area contributed by atoms with E-state index in [2.05, 4.69) is 10.1 Å². The fraction of sp³-hybridized carbons (Fsp3) is 0.316. The third-order valence-corrected chi connectivity index (χ3v) is 4.60. The second kappa shape index (κ2) is 6.93. The van der Waals surface area contributed by atoms with E-state index < -0.39 is 0 Å². The Bertz CT molecular complexity index is 827. The fourth-order valence-corrected chi connectivity index (χ4v) is 3.30. The molecule has 0 saturated carbocycles. The van der Waals surface area contributed by atoms with Gasteiger partial charge < -0.3 is 13.8 Å². The number of benzene rings is 1. The molecule has 3 aromatic rings. The summed E-state index contributed by atoms with van der Waals surface area (Å²) in [6, 6.07) is 11.6. The summed E-state index contributed by atoms with van der Waals surface area (Å²) >= 11 is 0. The van der Waals surface area contributed by atoms with Gasteiger partial charge in [-0.2, -0.15) is 4.98 Å². The van der Waals surface area contributed by atoms with Crippen LogP contribution in [-0.2, 0) is 6.42 Å². The van der Waals surface area contributed by atoms with Gasteiger partial charge in [0.05, 0.1) is 11.8 Å². The Morgan fingerprint density at radius 2 is 2.12 bits per heavy atom. The zero-order valence-corrected chi connectivity index (χ0v) is 13.8. The average Bonchev–Trinajstić information content (AvgIpc) is 3.41. The molecule has 3 heterocycles. The number of furan rings is 1. The molecule has 0 aliphatic carbocycles. The van der Waals surface area contributed by atoms with E-state index in [1.807, 2.05) is 35.2 Å². The molecule has 6 heteroatoms. The van der Waals surface area contributed by atoms with Crippen LogP contribution in [0.4, 0.5) is 0 Å². The maximum Gasteiger partial charge on any atom is 0.257 e. The van der Waals surface area contributed by atoms with Crippen molar-refractivity contribution >= 4 is 5.91 Å². The highest BCUT2D eigenvalue weighted by atomic mass is 16.5. The molecule has 1 aromatic carbocycles. The summed E-state index contributed by atoms with van der Waals surface area (Å²) in [7, 11) is 0. The van der Waals surface area contributed by atoms with Crippen LogP contribution in [0.25, 0.3) is 11.5 Å². The average molecular weight is 337 g/mol. The van der Waals surface area contributed by atoms with E-state index in [-0.39, 0.29) is 11.9 Å². The molecule has 4 rings (SSSR count). The third-order valence-electron chi connectivity index (χ3n) is 4.60. The minimum atomic E-state index is 0.0364. The molecule has 1 saturated heterocycles. The zero-order valence-electron chi connectivity index (χ0n) is 13.8. The van der Waals surface area contributed by atoms with E-state index in [9.17, 15) is 4.79 Å².